The van der Waals surface area contributed by atoms with E-state index >= 15 is 0 Å². The molecule has 1 atom stereocenters. The fourth-order valence-corrected chi connectivity index (χ4v) is 3.81. The third kappa shape index (κ3) is 4.13. The number of halogens is 1. The number of carbonyl (C=O) groups is 1. The molecule has 1 unspecified atom stereocenters. The highest BCUT2D eigenvalue weighted by Crippen LogP contribution is 2.22. The molecule has 2 amide bonds. The lowest BCUT2D eigenvalue weighted by atomic mass is 9.98. The number of H-pyrrole nitrogens is 1. The molecule has 1 aliphatic rings. The lowest BCUT2D eigenvalue weighted by molar-refractivity contribution is 0.153. The molecule has 3 aromatic rings. The molecule has 2 N–H and O–H groups in total. The van der Waals surface area contributed by atoms with Crippen molar-refractivity contribution < 1.29 is 4.79 Å². The second-order valence-electron chi connectivity index (χ2n) is 7.35. The van der Waals surface area contributed by atoms with Gasteiger partial charge in [-0.2, -0.15) is 0 Å². The van der Waals surface area contributed by atoms with E-state index in [1.165, 1.54) is 0 Å². The summed E-state index contributed by atoms with van der Waals surface area (Å²) in [5.74, 6) is 0. The third-order valence-electron chi connectivity index (χ3n) is 5.37. The number of hydrogen-bond donors (Lipinski definition) is 2. The van der Waals surface area contributed by atoms with E-state index in [1.54, 1.807) is 29.3 Å². The van der Waals surface area contributed by atoms with Crippen molar-refractivity contribution in [1.29, 1.82) is 0 Å². The molecule has 29 heavy (non-hydrogen) atoms. The van der Waals surface area contributed by atoms with Gasteiger partial charge in [-0.05, 0) is 30.8 Å². The van der Waals surface area contributed by atoms with Crippen molar-refractivity contribution in [3.63, 3.8) is 0 Å². The number of benzene rings is 2. The number of aromatic amines is 1. The van der Waals surface area contributed by atoms with Crippen LogP contribution in [0, 0.1) is 0 Å². The monoisotopic (exact) mass is 410 g/mol. The summed E-state index contributed by atoms with van der Waals surface area (Å²) in [6.07, 6.45) is 1.67. The number of pyridine rings is 1. The molecule has 150 valence electrons. The fourth-order valence-electron chi connectivity index (χ4n) is 3.64. The number of carbonyl (C=O) groups excluding carboxylic acids is 1. The highest BCUT2D eigenvalue weighted by molar-refractivity contribution is 6.31. The minimum Gasteiger partial charge on any atom is -0.361 e. The molecule has 0 radical (unpaired) electrons. The topological polar surface area (TPSA) is 68.4 Å². The van der Waals surface area contributed by atoms with Gasteiger partial charge in [0, 0.05) is 48.3 Å². The number of rotatable bonds is 3. The van der Waals surface area contributed by atoms with E-state index in [1.807, 2.05) is 37.4 Å². The van der Waals surface area contributed by atoms with Crippen molar-refractivity contribution in [2.75, 3.05) is 33.2 Å². The van der Waals surface area contributed by atoms with Gasteiger partial charge in [0.05, 0.1) is 11.6 Å². The van der Waals surface area contributed by atoms with E-state index in [0.717, 1.165) is 18.7 Å². The quantitative estimate of drug-likeness (QED) is 0.696. The minimum absolute atomic E-state index is 0.122. The first-order valence-corrected chi connectivity index (χ1v) is 10.0. The first kappa shape index (κ1) is 19.5. The Morgan fingerprint density at radius 2 is 1.83 bits per heavy atom. The van der Waals surface area contributed by atoms with Crippen LogP contribution < -0.4 is 10.7 Å². The molecule has 7 heteroatoms. The number of nitrogens with zero attached hydrogens (tertiary/aromatic N) is 2. The highest BCUT2D eigenvalue weighted by Gasteiger charge is 2.25. The zero-order valence-electron chi connectivity index (χ0n) is 16.2. The maximum atomic E-state index is 13.2. The molecular weight excluding hydrogens is 388 g/mol. The summed E-state index contributed by atoms with van der Waals surface area (Å²) in [6, 6.07) is 14.0. The van der Waals surface area contributed by atoms with Gasteiger partial charge in [0.2, 0.25) is 0 Å². The van der Waals surface area contributed by atoms with Crippen molar-refractivity contribution in [3.05, 3.63) is 81.1 Å². The van der Waals surface area contributed by atoms with E-state index < -0.39 is 6.04 Å². The fraction of sp³-hybridized carbons (Fsp3) is 0.273. The van der Waals surface area contributed by atoms with E-state index in [2.05, 4.69) is 15.2 Å². The molecule has 1 fully saturated rings. The Morgan fingerprint density at radius 1 is 1.10 bits per heavy atom. The number of piperazine rings is 1. The number of likely N-dealkylation sites (N-methyl/N-ethyl adjacent to an activating group) is 1. The number of amides is 2. The molecule has 0 bridgehead atoms. The van der Waals surface area contributed by atoms with Crippen molar-refractivity contribution in [3.8, 4) is 0 Å². The van der Waals surface area contributed by atoms with Gasteiger partial charge in [0.1, 0.15) is 0 Å². The molecule has 4 rings (SSSR count). The molecule has 2 aromatic carbocycles. The van der Waals surface area contributed by atoms with Crippen LogP contribution >= 0.6 is 11.6 Å². The normalized spacial score (nSPS) is 16.0. The minimum atomic E-state index is -0.549. The summed E-state index contributed by atoms with van der Waals surface area (Å²) in [5.41, 5.74) is 1.90. The van der Waals surface area contributed by atoms with Crippen molar-refractivity contribution in [2.24, 2.45) is 0 Å². The molecule has 0 saturated carbocycles. The van der Waals surface area contributed by atoms with Crippen LogP contribution in [0.25, 0.3) is 10.9 Å². The van der Waals surface area contributed by atoms with E-state index in [9.17, 15) is 9.59 Å². The first-order chi connectivity index (χ1) is 14.0. The van der Waals surface area contributed by atoms with E-state index in [4.69, 9.17) is 11.6 Å². The second-order valence-corrected chi connectivity index (χ2v) is 7.78. The Labute approximate surface area is 174 Å². The predicted octanol–water partition coefficient (Wildman–Crippen LogP) is 3.23. The number of nitrogens with one attached hydrogen (secondary N) is 2. The van der Waals surface area contributed by atoms with Gasteiger partial charge in [-0.15, -0.1) is 0 Å². The molecule has 1 aromatic heterocycles. The summed E-state index contributed by atoms with van der Waals surface area (Å²) in [4.78, 5) is 33.3. The zero-order chi connectivity index (χ0) is 20.4. The number of fused-ring (bicyclic) bond motifs is 1. The van der Waals surface area contributed by atoms with Gasteiger partial charge in [-0.25, -0.2) is 4.79 Å². The average molecular weight is 411 g/mol. The summed E-state index contributed by atoms with van der Waals surface area (Å²) < 4.78 is 0. The Kier molecular flexibility index (Phi) is 5.56. The highest BCUT2D eigenvalue weighted by atomic mass is 35.5. The van der Waals surface area contributed by atoms with E-state index in [-0.39, 0.29) is 11.5 Å². The Balaban J connectivity index is 1.71. The summed E-state index contributed by atoms with van der Waals surface area (Å²) in [5, 5.41) is 4.18. The number of aromatic nitrogens is 1. The first-order valence-electron chi connectivity index (χ1n) is 9.63. The van der Waals surface area contributed by atoms with Crippen molar-refractivity contribution >= 4 is 28.5 Å². The Hall–Kier alpha value is -2.83. The van der Waals surface area contributed by atoms with Gasteiger partial charge in [0.15, 0.2) is 5.43 Å². The van der Waals surface area contributed by atoms with Crippen LogP contribution in [0.4, 0.5) is 4.79 Å². The van der Waals surface area contributed by atoms with Crippen LogP contribution in [-0.2, 0) is 0 Å². The maximum Gasteiger partial charge on any atom is 0.318 e. The largest absolute Gasteiger partial charge is 0.361 e. The SMILES string of the molecule is CN1CCN(C(=O)NC(c2ccccc2)c2c[nH]c3cc(Cl)ccc3c2=O)CC1. The summed E-state index contributed by atoms with van der Waals surface area (Å²) in [7, 11) is 2.04. The van der Waals surface area contributed by atoms with Gasteiger partial charge in [0.25, 0.3) is 0 Å². The van der Waals surface area contributed by atoms with Crippen LogP contribution in [0.1, 0.15) is 17.2 Å². The summed E-state index contributed by atoms with van der Waals surface area (Å²) >= 11 is 6.05. The van der Waals surface area contributed by atoms with Crippen LogP contribution in [0.3, 0.4) is 0 Å². The Bertz CT molecular complexity index is 1080. The van der Waals surface area contributed by atoms with Crippen LogP contribution in [0.15, 0.2) is 59.5 Å². The molecule has 0 spiro atoms. The smallest absolute Gasteiger partial charge is 0.318 e. The molecule has 1 saturated heterocycles. The molecule has 1 aliphatic heterocycles. The number of hydrogen-bond acceptors (Lipinski definition) is 3. The van der Waals surface area contributed by atoms with Crippen LogP contribution in [0.2, 0.25) is 5.02 Å². The molecule has 6 nitrogen and oxygen atoms in total. The molecular formula is C22H23ClN4O2. The van der Waals surface area contributed by atoms with Gasteiger partial charge in [-0.3, -0.25) is 4.79 Å². The van der Waals surface area contributed by atoms with Crippen molar-refractivity contribution in [1.82, 2.24) is 20.1 Å². The number of urea groups is 1. The predicted molar refractivity (Wildman–Crippen MR) is 115 cm³/mol. The van der Waals surface area contributed by atoms with E-state index in [0.29, 0.717) is 34.6 Å². The average Bonchev–Trinajstić information content (AvgIpc) is 2.73. The molecule has 0 aliphatic carbocycles. The van der Waals surface area contributed by atoms with Gasteiger partial charge in [-0.1, -0.05) is 41.9 Å². The second kappa shape index (κ2) is 8.27. The standard InChI is InChI=1S/C22H23ClN4O2/c1-26-9-11-27(12-10-26)22(29)25-20(15-5-3-2-4-6-15)18-14-24-19-13-16(23)7-8-17(19)21(18)28/h2-8,13-14,20H,9-12H2,1H3,(H,24,28)(H,25,29). The Morgan fingerprint density at radius 3 is 2.55 bits per heavy atom. The van der Waals surface area contributed by atoms with Crippen molar-refractivity contribution in [2.45, 2.75) is 6.04 Å². The third-order valence-corrected chi connectivity index (χ3v) is 5.61. The van der Waals surface area contributed by atoms with Crippen LogP contribution in [0.5, 0.6) is 0 Å². The summed E-state index contributed by atoms with van der Waals surface area (Å²) in [6.45, 7) is 2.99. The van der Waals surface area contributed by atoms with Gasteiger partial charge >= 0.3 is 6.03 Å². The lowest BCUT2D eigenvalue weighted by Gasteiger charge is -2.33. The zero-order valence-corrected chi connectivity index (χ0v) is 16.9. The van der Waals surface area contributed by atoms with Crippen LogP contribution in [-0.4, -0.2) is 54.0 Å². The van der Waals surface area contributed by atoms with Gasteiger partial charge < -0.3 is 20.1 Å². The maximum absolute atomic E-state index is 13.2. The lowest BCUT2D eigenvalue weighted by Crippen LogP contribution is -2.51. The molecule has 2 heterocycles.